The first kappa shape index (κ1) is 15.5. The van der Waals surface area contributed by atoms with E-state index in [0.29, 0.717) is 0 Å². The summed E-state index contributed by atoms with van der Waals surface area (Å²) in [6, 6.07) is 9.17. The van der Waals surface area contributed by atoms with Gasteiger partial charge in [0.15, 0.2) is 0 Å². The number of hydrogen-bond donors (Lipinski definition) is 3. The van der Waals surface area contributed by atoms with Gasteiger partial charge in [-0.15, -0.1) is 0 Å². The molecule has 5 heteroatoms. The number of benzene rings is 1. The Morgan fingerprint density at radius 1 is 1.24 bits per heavy atom. The molecule has 1 aromatic rings. The molecule has 21 heavy (non-hydrogen) atoms. The van der Waals surface area contributed by atoms with Crippen LogP contribution < -0.4 is 16.4 Å². The third-order valence-corrected chi connectivity index (χ3v) is 4.33. The van der Waals surface area contributed by atoms with Gasteiger partial charge in [0, 0.05) is 12.0 Å². The van der Waals surface area contributed by atoms with E-state index in [1.165, 1.54) is 18.4 Å². The summed E-state index contributed by atoms with van der Waals surface area (Å²) < 4.78 is 0. The minimum atomic E-state index is -0.813. The highest BCUT2D eigenvalue weighted by atomic mass is 16.2. The molecular weight excluding hydrogens is 266 g/mol. The third kappa shape index (κ3) is 3.82. The third-order valence-electron chi connectivity index (χ3n) is 4.33. The van der Waals surface area contributed by atoms with Crippen LogP contribution in [0.4, 0.5) is 4.79 Å². The molecule has 1 aromatic carbocycles. The number of carbonyl (C=O) groups is 2. The summed E-state index contributed by atoms with van der Waals surface area (Å²) >= 11 is 0. The Bertz CT molecular complexity index is 496. The van der Waals surface area contributed by atoms with Crippen LogP contribution in [0.15, 0.2) is 30.3 Å². The Balaban J connectivity index is 2.01. The zero-order valence-electron chi connectivity index (χ0n) is 12.4. The van der Waals surface area contributed by atoms with Crippen LogP contribution in [0.25, 0.3) is 0 Å². The topological polar surface area (TPSA) is 84.2 Å². The maximum absolute atomic E-state index is 11.7. The van der Waals surface area contributed by atoms with E-state index < -0.39 is 12.1 Å². The van der Waals surface area contributed by atoms with E-state index in [0.717, 1.165) is 19.4 Å². The fraction of sp³-hybridized carbons (Fsp3) is 0.500. The SMILES string of the molecule is CC(NCC1(c2ccccc2)CCCC1)C(=O)NC(N)=O. The van der Waals surface area contributed by atoms with Crippen molar-refractivity contribution in [2.24, 2.45) is 5.73 Å². The second-order valence-electron chi connectivity index (χ2n) is 5.81. The van der Waals surface area contributed by atoms with Gasteiger partial charge in [-0.3, -0.25) is 10.1 Å². The molecule has 0 spiro atoms. The number of amides is 3. The van der Waals surface area contributed by atoms with Gasteiger partial charge in [-0.2, -0.15) is 0 Å². The highest BCUT2D eigenvalue weighted by Crippen LogP contribution is 2.40. The Kier molecular flexibility index (Phi) is 4.96. The number of nitrogens with two attached hydrogens (primary N) is 1. The van der Waals surface area contributed by atoms with E-state index in [4.69, 9.17) is 5.73 Å². The average molecular weight is 289 g/mol. The lowest BCUT2D eigenvalue weighted by atomic mass is 9.78. The molecular formula is C16H23N3O2. The molecule has 3 amide bonds. The molecule has 5 nitrogen and oxygen atoms in total. The lowest BCUT2D eigenvalue weighted by Gasteiger charge is -2.31. The first-order valence-electron chi connectivity index (χ1n) is 7.43. The molecule has 1 aliphatic carbocycles. The maximum Gasteiger partial charge on any atom is 0.318 e. The van der Waals surface area contributed by atoms with Gasteiger partial charge in [-0.1, -0.05) is 43.2 Å². The number of hydrogen-bond acceptors (Lipinski definition) is 3. The van der Waals surface area contributed by atoms with Crippen LogP contribution in [-0.4, -0.2) is 24.5 Å². The van der Waals surface area contributed by atoms with Crippen molar-refractivity contribution in [3.05, 3.63) is 35.9 Å². The Morgan fingerprint density at radius 3 is 2.43 bits per heavy atom. The maximum atomic E-state index is 11.7. The summed E-state index contributed by atoms with van der Waals surface area (Å²) in [5.41, 5.74) is 6.37. The van der Waals surface area contributed by atoms with Gasteiger partial charge >= 0.3 is 6.03 Å². The summed E-state index contributed by atoms with van der Waals surface area (Å²) in [5.74, 6) is -0.385. The van der Waals surface area contributed by atoms with Crippen molar-refractivity contribution < 1.29 is 9.59 Å². The number of imide groups is 1. The molecule has 0 saturated heterocycles. The van der Waals surface area contributed by atoms with Gasteiger partial charge in [0.05, 0.1) is 6.04 Å². The van der Waals surface area contributed by atoms with Crippen molar-refractivity contribution in [2.75, 3.05) is 6.54 Å². The highest BCUT2D eigenvalue weighted by Gasteiger charge is 2.35. The van der Waals surface area contributed by atoms with Crippen molar-refractivity contribution in [3.8, 4) is 0 Å². The predicted molar refractivity (Wildman–Crippen MR) is 81.8 cm³/mol. The van der Waals surface area contributed by atoms with Crippen molar-refractivity contribution in [1.82, 2.24) is 10.6 Å². The second kappa shape index (κ2) is 6.72. The zero-order chi connectivity index (χ0) is 15.3. The summed E-state index contributed by atoms with van der Waals surface area (Å²) in [4.78, 5) is 22.4. The number of rotatable bonds is 5. The van der Waals surface area contributed by atoms with Gasteiger partial charge in [-0.05, 0) is 25.3 Å². The molecule has 1 atom stereocenters. The normalized spacial score (nSPS) is 18.1. The number of primary amides is 1. The van der Waals surface area contributed by atoms with E-state index in [2.05, 4.69) is 34.9 Å². The van der Waals surface area contributed by atoms with Crippen LogP contribution in [0, 0.1) is 0 Å². The molecule has 0 aromatic heterocycles. The molecule has 1 unspecified atom stereocenters. The van der Waals surface area contributed by atoms with Gasteiger partial charge in [0.25, 0.3) is 0 Å². The molecule has 2 rings (SSSR count). The van der Waals surface area contributed by atoms with Gasteiger partial charge in [0.1, 0.15) is 0 Å². The van der Waals surface area contributed by atoms with Crippen molar-refractivity contribution in [2.45, 2.75) is 44.1 Å². The number of urea groups is 1. The Hall–Kier alpha value is -1.88. The van der Waals surface area contributed by atoms with Gasteiger partial charge in [-0.25, -0.2) is 4.79 Å². The standard InChI is InChI=1S/C16H23N3O2/c1-12(14(20)19-15(17)21)18-11-16(9-5-6-10-16)13-7-3-2-4-8-13/h2-4,7-8,12,18H,5-6,9-11H2,1H3,(H3,17,19,20,21). The largest absolute Gasteiger partial charge is 0.351 e. The van der Waals surface area contributed by atoms with E-state index in [1.807, 2.05) is 6.07 Å². The highest BCUT2D eigenvalue weighted by molar-refractivity contribution is 5.96. The fourth-order valence-corrected chi connectivity index (χ4v) is 3.08. The molecule has 0 aliphatic heterocycles. The van der Waals surface area contributed by atoms with Gasteiger partial charge < -0.3 is 11.1 Å². The molecule has 1 saturated carbocycles. The van der Waals surface area contributed by atoms with E-state index in [9.17, 15) is 9.59 Å². The molecule has 0 heterocycles. The van der Waals surface area contributed by atoms with Crippen LogP contribution >= 0.6 is 0 Å². The fourth-order valence-electron chi connectivity index (χ4n) is 3.08. The first-order chi connectivity index (χ1) is 10.0. The second-order valence-corrected chi connectivity index (χ2v) is 5.81. The van der Waals surface area contributed by atoms with Gasteiger partial charge in [0.2, 0.25) is 5.91 Å². The van der Waals surface area contributed by atoms with Crippen molar-refractivity contribution >= 4 is 11.9 Å². The smallest absolute Gasteiger partial charge is 0.318 e. The van der Waals surface area contributed by atoms with Crippen molar-refractivity contribution in [1.29, 1.82) is 0 Å². The van der Waals surface area contributed by atoms with Crippen LogP contribution in [-0.2, 0) is 10.2 Å². The molecule has 1 aliphatic rings. The lowest BCUT2D eigenvalue weighted by molar-refractivity contribution is -0.121. The molecule has 114 valence electrons. The summed E-state index contributed by atoms with van der Waals surface area (Å²) in [5, 5.41) is 5.36. The molecule has 0 radical (unpaired) electrons. The monoisotopic (exact) mass is 289 g/mol. The van der Waals surface area contributed by atoms with Crippen LogP contribution in [0.1, 0.15) is 38.2 Å². The molecule has 1 fully saturated rings. The number of carbonyl (C=O) groups excluding carboxylic acids is 2. The summed E-state index contributed by atoms with van der Waals surface area (Å²) in [6.45, 7) is 2.47. The summed E-state index contributed by atoms with van der Waals surface area (Å²) in [6.07, 6.45) is 4.65. The Labute approximate surface area is 125 Å². The van der Waals surface area contributed by atoms with Crippen LogP contribution in [0.2, 0.25) is 0 Å². The van der Waals surface area contributed by atoms with Crippen molar-refractivity contribution in [3.63, 3.8) is 0 Å². The minimum Gasteiger partial charge on any atom is -0.351 e. The molecule has 0 bridgehead atoms. The average Bonchev–Trinajstić information content (AvgIpc) is 2.95. The molecule has 4 N–H and O–H groups in total. The summed E-state index contributed by atoms with van der Waals surface area (Å²) in [7, 11) is 0. The van der Waals surface area contributed by atoms with E-state index >= 15 is 0 Å². The van der Waals surface area contributed by atoms with E-state index in [1.54, 1.807) is 6.92 Å². The lowest BCUT2D eigenvalue weighted by Crippen LogP contribution is -2.49. The number of nitrogens with one attached hydrogen (secondary N) is 2. The quantitative estimate of drug-likeness (QED) is 0.771. The van der Waals surface area contributed by atoms with Crippen LogP contribution in [0.5, 0.6) is 0 Å². The predicted octanol–water partition coefficient (Wildman–Crippen LogP) is 1.67. The van der Waals surface area contributed by atoms with Crippen LogP contribution in [0.3, 0.4) is 0 Å². The Morgan fingerprint density at radius 2 is 1.86 bits per heavy atom. The minimum absolute atomic E-state index is 0.0858. The first-order valence-corrected chi connectivity index (χ1v) is 7.43. The van der Waals surface area contributed by atoms with E-state index in [-0.39, 0.29) is 11.3 Å². The zero-order valence-corrected chi connectivity index (χ0v) is 12.4.